The lowest BCUT2D eigenvalue weighted by Crippen LogP contribution is -2.47. The lowest BCUT2D eigenvalue weighted by Gasteiger charge is -2.29. The molecule has 1 unspecified atom stereocenters. The van der Waals surface area contributed by atoms with E-state index < -0.39 is 6.04 Å². The molecule has 0 bridgehead atoms. The Hall–Kier alpha value is -1.50. The second-order valence-electron chi connectivity index (χ2n) is 5.02. The van der Waals surface area contributed by atoms with Gasteiger partial charge in [-0.05, 0) is 19.3 Å². The Bertz CT molecular complexity index is 486. The first-order valence-corrected chi connectivity index (χ1v) is 7.17. The van der Waals surface area contributed by atoms with E-state index in [-0.39, 0.29) is 17.7 Å². The van der Waals surface area contributed by atoms with Gasteiger partial charge in [0.25, 0.3) is 0 Å². The highest BCUT2D eigenvalue weighted by Gasteiger charge is 2.35. The minimum atomic E-state index is -0.431. The van der Waals surface area contributed by atoms with Gasteiger partial charge in [-0.15, -0.1) is 0 Å². The molecule has 0 aliphatic carbocycles. The number of likely N-dealkylation sites (tertiary alicyclic amines) is 1. The summed E-state index contributed by atoms with van der Waals surface area (Å²) in [6, 6.07) is -0.431. The molecule has 104 valence electrons. The molecule has 1 aliphatic rings. The molecule has 2 rings (SSSR count). The maximum atomic E-state index is 12.3. The number of rotatable bonds is 4. The van der Waals surface area contributed by atoms with Crippen LogP contribution >= 0.6 is 11.5 Å². The van der Waals surface area contributed by atoms with Crippen molar-refractivity contribution in [2.75, 3.05) is 11.9 Å². The van der Waals surface area contributed by atoms with Gasteiger partial charge in [0.1, 0.15) is 11.9 Å². The molecule has 0 spiro atoms. The second kappa shape index (κ2) is 5.64. The first kappa shape index (κ1) is 13.9. The third kappa shape index (κ3) is 3.09. The number of carbonyl (C=O) groups is 2. The summed E-state index contributed by atoms with van der Waals surface area (Å²) in [4.78, 5) is 29.9. The number of carbonyl (C=O) groups excluding carboxylic acids is 2. The molecule has 2 amide bonds. The predicted octanol–water partition coefficient (Wildman–Crippen LogP) is 1.43. The number of anilines is 1. The first-order chi connectivity index (χ1) is 8.99. The number of nitrogens with zero attached hydrogens (tertiary/aromatic N) is 3. The van der Waals surface area contributed by atoms with Gasteiger partial charge >= 0.3 is 0 Å². The number of hydrogen-bond acceptors (Lipinski definition) is 5. The summed E-state index contributed by atoms with van der Waals surface area (Å²) in [5, 5.41) is 3.24. The van der Waals surface area contributed by atoms with E-state index in [1.165, 1.54) is 0 Å². The topological polar surface area (TPSA) is 75.2 Å². The molecule has 19 heavy (non-hydrogen) atoms. The summed E-state index contributed by atoms with van der Waals surface area (Å²) < 4.78 is 4.02. The molecule has 1 N–H and O–H groups in total. The Morgan fingerprint density at radius 3 is 2.68 bits per heavy atom. The lowest BCUT2D eigenvalue weighted by molar-refractivity contribution is -0.136. The molecule has 1 aromatic rings. The normalized spacial score (nSPS) is 17.1. The van der Waals surface area contributed by atoms with Crippen LogP contribution < -0.4 is 5.32 Å². The van der Waals surface area contributed by atoms with E-state index in [0.717, 1.165) is 18.0 Å². The maximum Gasteiger partial charge on any atom is 0.249 e. The van der Waals surface area contributed by atoms with Crippen molar-refractivity contribution in [3.63, 3.8) is 0 Å². The standard InChI is InChI=1S/C12H18N4O2S/c1-7(2)10(16-6-4-5-9(16)17)11(18)14-12-13-8(3)15-19-12/h7,10H,4-6H2,1-3H3,(H,13,14,15,18). The van der Waals surface area contributed by atoms with Crippen molar-refractivity contribution in [2.45, 2.75) is 39.7 Å². The van der Waals surface area contributed by atoms with Crippen molar-refractivity contribution in [2.24, 2.45) is 5.92 Å². The number of nitrogens with one attached hydrogen (secondary N) is 1. The Labute approximate surface area is 116 Å². The van der Waals surface area contributed by atoms with Crippen molar-refractivity contribution in [3.05, 3.63) is 5.82 Å². The summed E-state index contributed by atoms with van der Waals surface area (Å²) in [6.45, 7) is 6.32. The Kier molecular flexibility index (Phi) is 4.14. The van der Waals surface area contributed by atoms with E-state index in [4.69, 9.17) is 0 Å². The molecule has 1 aliphatic heterocycles. The number of hydrogen-bond donors (Lipinski definition) is 1. The highest BCUT2D eigenvalue weighted by atomic mass is 32.1. The van der Waals surface area contributed by atoms with Crippen LogP contribution in [0.2, 0.25) is 0 Å². The predicted molar refractivity (Wildman–Crippen MR) is 72.8 cm³/mol. The Morgan fingerprint density at radius 2 is 2.21 bits per heavy atom. The van der Waals surface area contributed by atoms with Crippen molar-refractivity contribution in [3.8, 4) is 0 Å². The van der Waals surface area contributed by atoms with Crippen LogP contribution in [0.1, 0.15) is 32.5 Å². The highest BCUT2D eigenvalue weighted by Crippen LogP contribution is 2.21. The minimum Gasteiger partial charge on any atom is -0.330 e. The zero-order chi connectivity index (χ0) is 14.0. The Balaban J connectivity index is 2.10. The smallest absolute Gasteiger partial charge is 0.249 e. The molecule has 2 heterocycles. The van der Waals surface area contributed by atoms with Crippen LogP contribution in [0.3, 0.4) is 0 Å². The molecule has 0 saturated carbocycles. The zero-order valence-corrected chi connectivity index (χ0v) is 12.2. The molecule has 1 saturated heterocycles. The van der Waals surface area contributed by atoms with Crippen LogP contribution in [0.4, 0.5) is 5.13 Å². The van der Waals surface area contributed by atoms with E-state index in [1.54, 1.807) is 11.8 Å². The van der Waals surface area contributed by atoms with Crippen LogP contribution in [-0.2, 0) is 9.59 Å². The molecular weight excluding hydrogens is 264 g/mol. The second-order valence-corrected chi connectivity index (χ2v) is 5.77. The van der Waals surface area contributed by atoms with E-state index in [1.807, 2.05) is 13.8 Å². The average Bonchev–Trinajstić information content (AvgIpc) is 2.89. The molecule has 0 aromatic carbocycles. The summed E-state index contributed by atoms with van der Waals surface area (Å²) in [7, 11) is 0. The van der Waals surface area contributed by atoms with Gasteiger partial charge in [-0.2, -0.15) is 4.37 Å². The number of amides is 2. The van der Waals surface area contributed by atoms with Gasteiger partial charge in [0.2, 0.25) is 16.9 Å². The molecule has 1 aromatic heterocycles. The van der Waals surface area contributed by atoms with E-state index >= 15 is 0 Å². The first-order valence-electron chi connectivity index (χ1n) is 6.39. The third-order valence-electron chi connectivity index (χ3n) is 3.10. The third-order valence-corrected chi connectivity index (χ3v) is 3.83. The summed E-state index contributed by atoms with van der Waals surface area (Å²) in [6.07, 6.45) is 1.36. The van der Waals surface area contributed by atoms with Gasteiger partial charge in [-0.1, -0.05) is 13.8 Å². The molecule has 6 nitrogen and oxygen atoms in total. The fourth-order valence-corrected chi connectivity index (χ4v) is 2.87. The van der Waals surface area contributed by atoms with Crippen molar-refractivity contribution in [1.29, 1.82) is 0 Å². The summed E-state index contributed by atoms with van der Waals surface area (Å²) in [5.74, 6) is 0.582. The molecule has 7 heteroatoms. The van der Waals surface area contributed by atoms with Crippen LogP contribution in [0, 0.1) is 12.8 Å². The van der Waals surface area contributed by atoms with Crippen molar-refractivity contribution < 1.29 is 9.59 Å². The van der Waals surface area contributed by atoms with Crippen LogP contribution in [0.25, 0.3) is 0 Å². The van der Waals surface area contributed by atoms with Crippen molar-refractivity contribution in [1.82, 2.24) is 14.3 Å². The van der Waals surface area contributed by atoms with Crippen molar-refractivity contribution >= 4 is 28.5 Å². The quantitative estimate of drug-likeness (QED) is 0.906. The van der Waals surface area contributed by atoms with E-state index in [0.29, 0.717) is 23.9 Å². The molecular formula is C12H18N4O2S. The summed E-state index contributed by atoms with van der Waals surface area (Å²) in [5.41, 5.74) is 0. The summed E-state index contributed by atoms with van der Waals surface area (Å²) >= 11 is 1.15. The maximum absolute atomic E-state index is 12.3. The van der Waals surface area contributed by atoms with Crippen LogP contribution in [0.5, 0.6) is 0 Å². The van der Waals surface area contributed by atoms with Gasteiger partial charge in [0, 0.05) is 24.5 Å². The largest absolute Gasteiger partial charge is 0.330 e. The van der Waals surface area contributed by atoms with Crippen LogP contribution in [0.15, 0.2) is 0 Å². The average molecular weight is 282 g/mol. The number of aryl methyl sites for hydroxylation is 1. The number of aromatic nitrogens is 2. The van der Waals surface area contributed by atoms with Gasteiger partial charge < -0.3 is 4.90 Å². The lowest BCUT2D eigenvalue weighted by atomic mass is 10.0. The van der Waals surface area contributed by atoms with Crippen LogP contribution in [-0.4, -0.2) is 38.7 Å². The van der Waals surface area contributed by atoms with Gasteiger partial charge in [-0.3, -0.25) is 14.9 Å². The molecule has 1 fully saturated rings. The van der Waals surface area contributed by atoms with Gasteiger partial charge in [-0.25, -0.2) is 4.98 Å². The monoisotopic (exact) mass is 282 g/mol. The van der Waals surface area contributed by atoms with E-state index in [2.05, 4.69) is 14.7 Å². The fourth-order valence-electron chi connectivity index (χ4n) is 2.29. The van der Waals surface area contributed by atoms with Gasteiger partial charge in [0.15, 0.2) is 0 Å². The fraction of sp³-hybridized carbons (Fsp3) is 0.667. The highest BCUT2D eigenvalue weighted by molar-refractivity contribution is 7.09. The molecule has 0 radical (unpaired) electrons. The SMILES string of the molecule is Cc1nsc(NC(=O)C(C(C)C)N2CCCC2=O)n1. The van der Waals surface area contributed by atoms with E-state index in [9.17, 15) is 9.59 Å². The minimum absolute atomic E-state index is 0.0577. The Morgan fingerprint density at radius 1 is 1.47 bits per heavy atom. The zero-order valence-electron chi connectivity index (χ0n) is 11.3. The molecule has 1 atom stereocenters. The van der Waals surface area contributed by atoms with Gasteiger partial charge in [0.05, 0.1) is 0 Å².